The smallest absolute Gasteiger partial charge is 0.329 e. The summed E-state index contributed by atoms with van der Waals surface area (Å²) in [5.41, 5.74) is -0.968. The molecule has 1 atom stereocenters. The molecule has 1 aliphatic heterocycles. The van der Waals surface area contributed by atoms with Crippen molar-refractivity contribution in [3.8, 4) is 0 Å². The third-order valence-corrected chi connectivity index (χ3v) is 4.79. The lowest BCUT2D eigenvalue weighted by atomic mass is 9.82. The van der Waals surface area contributed by atoms with Crippen LogP contribution in [-0.2, 0) is 4.79 Å². The van der Waals surface area contributed by atoms with E-state index in [0.717, 1.165) is 25.8 Å². The lowest BCUT2D eigenvalue weighted by molar-refractivity contribution is -0.143. The summed E-state index contributed by atoms with van der Waals surface area (Å²) in [6.45, 7) is 9.06. The molecular formula is C14H26N2O3. The second kappa shape index (κ2) is 5.80. The van der Waals surface area contributed by atoms with Crippen molar-refractivity contribution in [1.29, 1.82) is 0 Å². The van der Waals surface area contributed by atoms with Gasteiger partial charge in [0.1, 0.15) is 5.54 Å². The Bertz CT molecular complexity index is 353. The summed E-state index contributed by atoms with van der Waals surface area (Å²) in [6, 6.07) is -0.254. The molecule has 0 spiro atoms. The molecule has 5 heteroatoms. The van der Waals surface area contributed by atoms with Gasteiger partial charge in [0.05, 0.1) is 0 Å². The van der Waals surface area contributed by atoms with Crippen LogP contribution in [0.1, 0.15) is 53.4 Å². The Balaban J connectivity index is 2.68. The maximum atomic E-state index is 12.2. The molecule has 5 nitrogen and oxygen atoms in total. The Hall–Kier alpha value is -1.26. The topological polar surface area (TPSA) is 69.6 Å². The SMILES string of the molecule is CCC1(CC)CCN(C(=O)NC(C)(CC)C(=O)O)C1. The summed E-state index contributed by atoms with van der Waals surface area (Å²) in [7, 11) is 0. The number of likely N-dealkylation sites (tertiary alicyclic amines) is 1. The number of hydrogen-bond donors (Lipinski definition) is 2. The van der Waals surface area contributed by atoms with Crippen molar-refractivity contribution >= 4 is 12.0 Å². The molecule has 0 bridgehead atoms. The zero-order chi connectivity index (χ0) is 14.7. The highest BCUT2D eigenvalue weighted by atomic mass is 16.4. The summed E-state index contributed by atoms with van der Waals surface area (Å²) in [5, 5.41) is 11.8. The van der Waals surface area contributed by atoms with Crippen molar-refractivity contribution in [3.05, 3.63) is 0 Å². The molecule has 0 aromatic rings. The number of urea groups is 1. The van der Waals surface area contributed by atoms with Crippen LogP contribution in [0.2, 0.25) is 0 Å². The summed E-state index contributed by atoms with van der Waals surface area (Å²) >= 11 is 0. The van der Waals surface area contributed by atoms with Crippen LogP contribution >= 0.6 is 0 Å². The highest BCUT2D eigenvalue weighted by Gasteiger charge is 2.40. The molecule has 2 N–H and O–H groups in total. The molecule has 2 amide bonds. The Labute approximate surface area is 115 Å². The molecule has 1 fully saturated rings. The van der Waals surface area contributed by atoms with E-state index in [1.54, 1.807) is 18.7 Å². The van der Waals surface area contributed by atoms with E-state index in [-0.39, 0.29) is 11.4 Å². The van der Waals surface area contributed by atoms with Crippen molar-refractivity contribution in [3.63, 3.8) is 0 Å². The molecular weight excluding hydrogens is 244 g/mol. The molecule has 0 aromatic carbocycles. The Kier molecular flexibility index (Phi) is 4.82. The molecule has 0 aromatic heterocycles. The molecule has 0 radical (unpaired) electrons. The van der Waals surface area contributed by atoms with Gasteiger partial charge in [-0.3, -0.25) is 0 Å². The van der Waals surface area contributed by atoms with Crippen LogP contribution in [0.3, 0.4) is 0 Å². The molecule has 19 heavy (non-hydrogen) atoms. The van der Waals surface area contributed by atoms with Crippen LogP contribution < -0.4 is 5.32 Å². The number of carboxylic acid groups (broad SMARTS) is 1. The van der Waals surface area contributed by atoms with Gasteiger partial charge in [0.2, 0.25) is 0 Å². The highest BCUT2D eigenvalue weighted by Crippen LogP contribution is 2.37. The van der Waals surface area contributed by atoms with E-state index in [1.807, 2.05) is 0 Å². The minimum absolute atomic E-state index is 0.211. The zero-order valence-electron chi connectivity index (χ0n) is 12.5. The van der Waals surface area contributed by atoms with E-state index in [9.17, 15) is 14.7 Å². The predicted octanol–water partition coefficient (Wildman–Crippen LogP) is 2.46. The van der Waals surface area contributed by atoms with Gasteiger partial charge in [-0.2, -0.15) is 0 Å². The van der Waals surface area contributed by atoms with Gasteiger partial charge in [-0.25, -0.2) is 9.59 Å². The van der Waals surface area contributed by atoms with E-state index in [2.05, 4.69) is 19.2 Å². The fourth-order valence-corrected chi connectivity index (χ4v) is 2.54. The van der Waals surface area contributed by atoms with Crippen molar-refractivity contribution < 1.29 is 14.7 Å². The number of amides is 2. The summed E-state index contributed by atoms with van der Waals surface area (Å²) in [6.07, 6.45) is 3.48. The number of rotatable bonds is 5. The van der Waals surface area contributed by atoms with Gasteiger partial charge < -0.3 is 15.3 Å². The van der Waals surface area contributed by atoms with Crippen molar-refractivity contribution in [2.75, 3.05) is 13.1 Å². The molecule has 0 saturated carbocycles. The molecule has 1 heterocycles. The number of hydrogen-bond acceptors (Lipinski definition) is 2. The number of nitrogens with one attached hydrogen (secondary N) is 1. The minimum Gasteiger partial charge on any atom is -0.480 e. The van der Waals surface area contributed by atoms with E-state index in [0.29, 0.717) is 13.0 Å². The summed E-state index contributed by atoms with van der Waals surface area (Å²) < 4.78 is 0. The lowest BCUT2D eigenvalue weighted by Gasteiger charge is -2.30. The van der Waals surface area contributed by atoms with Crippen molar-refractivity contribution in [1.82, 2.24) is 10.2 Å². The van der Waals surface area contributed by atoms with E-state index < -0.39 is 11.5 Å². The molecule has 110 valence electrons. The highest BCUT2D eigenvalue weighted by molar-refractivity contribution is 5.86. The van der Waals surface area contributed by atoms with Crippen LogP contribution in [0.15, 0.2) is 0 Å². The fraction of sp³-hybridized carbons (Fsp3) is 0.857. The Morgan fingerprint density at radius 3 is 2.26 bits per heavy atom. The molecule has 1 unspecified atom stereocenters. The van der Waals surface area contributed by atoms with Crippen LogP contribution in [0.25, 0.3) is 0 Å². The first-order valence-corrected chi connectivity index (χ1v) is 7.13. The maximum Gasteiger partial charge on any atom is 0.329 e. The summed E-state index contributed by atoms with van der Waals surface area (Å²) in [5.74, 6) is -0.986. The van der Waals surface area contributed by atoms with Gasteiger partial charge in [0, 0.05) is 13.1 Å². The van der Waals surface area contributed by atoms with Crippen LogP contribution in [0, 0.1) is 5.41 Å². The zero-order valence-corrected chi connectivity index (χ0v) is 12.5. The molecule has 1 aliphatic rings. The van der Waals surface area contributed by atoms with Gasteiger partial charge in [-0.05, 0) is 38.0 Å². The van der Waals surface area contributed by atoms with Crippen LogP contribution in [0.5, 0.6) is 0 Å². The average Bonchev–Trinajstić information content (AvgIpc) is 2.83. The van der Waals surface area contributed by atoms with Crippen molar-refractivity contribution in [2.45, 2.75) is 58.9 Å². The molecule has 1 rings (SSSR count). The first-order valence-electron chi connectivity index (χ1n) is 7.13. The first-order chi connectivity index (χ1) is 8.82. The van der Waals surface area contributed by atoms with Gasteiger partial charge in [0.15, 0.2) is 0 Å². The van der Waals surface area contributed by atoms with Crippen molar-refractivity contribution in [2.24, 2.45) is 5.41 Å². The predicted molar refractivity (Wildman–Crippen MR) is 74.1 cm³/mol. The largest absolute Gasteiger partial charge is 0.480 e. The molecule has 0 aliphatic carbocycles. The molecule has 1 saturated heterocycles. The summed E-state index contributed by atoms with van der Waals surface area (Å²) in [4.78, 5) is 25.2. The van der Waals surface area contributed by atoms with E-state index in [1.165, 1.54) is 0 Å². The second-order valence-corrected chi connectivity index (χ2v) is 5.80. The van der Waals surface area contributed by atoms with Gasteiger partial charge in [0.25, 0.3) is 0 Å². The third-order valence-electron chi connectivity index (χ3n) is 4.79. The lowest BCUT2D eigenvalue weighted by Crippen LogP contribution is -2.55. The standard InChI is InChI=1S/C14H26N2O3/c1-5-13(4,11(17)18)15-12(19)16-9-8-14(6-2,7-3)10-16/h5-10H2,1-4H3,(H,15,19)(H,17,18). The van der Waals surface area contributed by atoms with Crippen LogP contribution in [-0.4, -0.2) is 40.6 Å². The maximum absolute atomic E-state index is 12.2. The van der Waals surface area contributed by atoms with Gasteiger partial charge >= 0.3 is 12.0 Å². The normalized spacial score (nSPS) is 20.9. The number of carboxylic acids is 1. The second-order valence-electron chi connectivity index (χ2n) is 5.80. The number of aliphatic carboxylic acids is 1. The van der Waals surface area contributed by atoms with E-state index >= 15 is 0 Å². The van der Waals surface area contributed by atoms with Crippen LogP contribution in [0.4, 0.5) is 4.79 Å². The number of carbonyl (C=O) groups excluding carboxylic acids is 1. The number of nitrogens with zero attached hydrogens (tertiary/aromatic N) is 1. The quantitative estimate of drug-likeness (QED) is 0.806. The third kappa shape index (κ3) is 3.19. The van der Waals surface area contributed by atoms with Gasteiger partial charge in [-0.15, -0.1) is 0 Å². The Morgan fingerprint density at radius 2 is 1.89 bits per heavy atom. The first kappa shape index (κ1) is 15.8. The van der Waals surface area contributed by atoms with E-state index in [4.69, 9.17) is 0 Å². The fourth-order valence-electron chi connectivity index (χ4n) is 2.54. The number of carbonyl (C=O) groups is 2. The minimum atomic E-state index is -1.18. The average molecular weight is 270 g/mol. The monoisotopic (exact) mass is 270 g/mol. The Morgan fingerprint density at radius 1 is 1.32 bits per heavy atom. The van der Waals surface area contributed by atoms with Gasteiger partial charge in [-0.1, -0.05) is 20.8 Å².